The van der Waals surface area contributed by atoms with Gasteiger partial charge in [0, 0.05) is 31.5 Å². The first kappa shape index (κ1) is 17.1. The number of nitrogens with zero attached hydrogens (tertiary/aromatic N) is 1. The van der Waals surface area contributed by atoms with E-state index in [9.17, 15) is 14.7 Å². The summed E-state index contributed by atoms with van der Waals surface area (Å²) in [6.07, 6.45) is 1.30. The number of aromatic carboxylic acids is 1. The molecule has 1 saturated heterocycles. The predicted octanol–water partition coefficient (Wildman–Crippen LogP) is 3.18. The molecule has 1 aromatic heterocycles. The normalized spacial score (nSPS) is 16.9. The van der Waals surface area contributed by atoms with Crippen LogP contribution in [0.5, 0.6) is 5.75 Å². The van der Waals surface area contributed by atoms with Crippen LogP contribution in [0.3, 0.4) is 0 Å². The molecule has 1 atom stereocenters. The molecular weight excluding hydrogens is 322 g/mol. The Labute approximate surface area is 146 Å². The number of carbonyl (C=O) groups is 2. The highest BCUT2D eigenvalue weighted by molar-refractivity contribution is 5.96. The first-order valence-corrected chi connectivity index (χ1v) is 8.32. The summed E-state index contributed by atoms with van der Waals surface area (Å²) >= 11 is 0. The molecule has 6 nitrogen and oxygen atoms in total. The maximum absolute atomic E-state index is 12.6. The molecule has 25 heavy (non-hydrogen) atoms. The van der Waals surface area contributed by atoms with Gasteiger partial charge in [0.05, 0.1) is 7.11 Å². The molecule has 1 aliphatic heterocycles. The van der Waals surface area contributed by atoms with E-state index >= 15 is 0 Å². The van der Waals surface area contributed by atoms with E-state index in [1.807, 2.05) is 24.3 Å². The Hall–Kier alpha value is -2.76. The van der Waals surface area contributed by atoms with Crippen molar-refractivity contribution in [1.29, 1.82) is 0 Å². The highest BCUT2D eigenvalue weighted by Crippen LogP contribution is 2.30. The first-order chi connectivity index (χ1) is 12.0. The number of carbonyl (C=O) groups excluding carboxylic acids is 1. The van der Waals surface area contributed by atoms with E-state index in [0.29, 0.717) is 25.3 Å². The van der Waals surface area contributed by atoms with Crippen molar-refractivity contribution in [3.63, 3.8) is 0 Å². The number of carboxylic acids is 1. The van der Waals surface area contributed by atoms with Gasteiger partial charge in [0.1, 0.15) is 17.1 Å². The molecule has 0 bridgehead atoms. The van der Waals surface area contributed by atoms with Gasteiger partial charge in [-0.3, -0.25) is 4.79 Å². The van der Waals surface area contributed by atoms with Crippen molar-refractivity contribution in [2.24, 2.45) is 0 Å². The average molecular weight is 343 g/mol. The molecule has 1 fully saturated rings. The number of amides is 1. The molecule has 0 saturated carbocycles. The summed E-state index contributed by atoms with van der Waals surface area (Å²) in [5, 5.41) is 9.20. The third kappa shape index (κ3) is 3.38. The molecule has 1 N–H and O–H groups in total. The second-order valence-corrected chi connectivity index (χ2v) is 6.12. The van der Waals surface area contributed by atoms with Gasteiger partial charge in [0.15, 0.2) is 5.76 Å². The monoisotopic (exact) mass is 343 g/mol. The summed E-state index contributed by atoms with van der Waals surface area (Å²) in [4.78, 5) is 25.6. The van der Waals surface area contributed by atoms with Gasteiger partial charge in [-0.15, -0.1) is 0 Å². The lowest BCUT2D eigenvalue weighted by molar-refractivity contribution is 0.0693. The Balaban J connectivity index is 1.73. The zero-order valence-electron chi connectivity index (χ0n) is 14.3. The van der Waals surface area contributed by atoms with Crippen LogP contribution in [0, 0.1) is 0 Å². The highest BCUT2D eigenvalue weighted by atomic mass is 16.5. The zero-order chi connectivity index (χ0) is 18.0. The van der Waals surface area contributed by atoms with Gasteiger partial charge in [-0.05, 0) is 24.1 Å². The smallest absolute Gasteiger partial charge is 0.339 e. The molecule has 132 valence electrons. The molecule has 0 spiro atoms. The van der Waals surface area contributed by atoms with Gasteiger partial charge in [-0.2, -0.15) is 0 Å². The minimum Gasteiger partial charge on any atom is -0.497 e. The third-order valence-electron chi connectivity index (χ3n) is 4.63. The van der Waals surface area contributed by atoms with Crippen LogP contribution in [0.4, 0.5) is 0 Å². The zero-order valence-corrected chi connectivity index (χ0v) is 14.3. The quantitative estimate of drug-likeness (QED) is 0.902. The van der Waals surface area contributed by atoms with Crippen molar-refractivity contribution in [3.05, 3.63) is 53.0 Å². The first-order valence-electron chi connectivity index (χ1n) is 8.32. The number of likely N-dealkylation sites (tertiary alicyclic amines) is 1. The van der Waals surface area contributed by atoms with Gasteiger partial charge in [0.25, 0.3) is 5.91 Å². The summed E-state index contributed by atoms with van der Waals surface area (Å²) in [5.41, 5.74) is 1.23. The van der Waals surface area contributed by atoms with Crippen molar-refractivity contribution in [3.8, 4) is 5.75 Å². The summed E-state index contributed by atoms with van der Waals surface area (Å²) < 4.78 is 10.6. The minimum absolute atomic E-state index is 0.0664. The number of methoxy groups -OCH3 is 1. The fraction of sp³-hybridized carbons (Fsp3) is 0.368. The maximum Gasteiger partial charge on any atom is 0.339 e. The molecule has 1 unspecified atom stereocenters. The standard InChI is InChI=1S/C19H21NO5/c1-3-16-15(19(22)23)10-17(25-16)18(21)20-9-8-13(11-20)12-4-6-14(24-2)7-5-12/h4-7,10,13H,3,8-9,11H2,1-2H3,(H,22,23). The van der Waals surface area contributed by atoms with Gasteiger partial charge in [-0.1, -0.05) is 19.1 Å². The second-order valence-electron chi connectivity index (χ2n) is 6.12. The van der Waals surface area contributed by atoms with Crippen molar-refractivity contribution >= 4 is 11.9 Å². The average Bonchev–Trinajstić information content (AvgIpc) is 3.28. The number of aryl methyl sites for hydroxylation is 1. The Kier molecular flexibility index (Phi) is 4.79. The molecule has 2 heterocycles. The summed E-state index contributed by atoms with van der Waals surface area (Å²) in [5.74, 6) is 0.176. The van der Waals surface area contributed by atoms with Crippen LogP contribution in [0.2, 0.25) is 0 Å². The van der Waals surface area contributed by atoms with Crippen LogP contribution < -0.4 is 4.74 Å². The summed E-state index contributed by atoms with van der Waals surface area (Å²) in [6.45, 7) is 3.02. The van der Waals surface area contributed by atoms with Gasteiger partial charge >= 0.3 is 5.97 Å². The maximum atomic E-state index is 12.6. The van der Waals surface area contributed by atoms with Crippen LogP contribution in [0.25, 0.3) is 0 Å². The molecular formula is C19H21NO5. The van der Waals surface area contributed by atoms with Crippen LogP contribution in [-0.4, -0.2) is 42.1 Å². The minimum atomic E-state index is -1.07. The van der Waals surface area contributed by atoms with Gasteiger partial charge in [-0.25, -0.2) is 4.79 Å². The summed E-state index contributed by atoms with van der Waals surface area (Å²) in [7, 11) is 1.63. The third-order valence-corrected chi connectivity index (χ3v) is 4.63. The van der Waals surface area contributed by atoms with Crippen molar-refractivity contribution in [2.45, 2.75) is 25.7 Å². The Morgan fingerprint density at radius 3 is 2.60 bits per heavy atom. The molecule has 0 radical (unpaired) electrons. The number of ether oxygens (including phenoxy) is 1. The van der Waals surface area contributed by atoms with Crippen LogP contribution in [-0.2, 0) is 6.42 Å². The van der Waals surface area contributed by atoms with Crippen LogP contribution in [0.15, 0.2) is 34.7 Å². The SMILES string of the molecule is CCc1oc(C(=O)N2CCC(c3ccc(OC)cc3)C2)cc1C(=O)O. The van der Waals surface area contributed by atoms with E-state index in [1.54, 1.807) is 18.9 Å². The number of hydrogen-bond acceptors (Lipinski definition) is 4. The molecule has 1 aromatic carbocycles. The Morgan fingerprint density at radius 1 is 1.32 bits per heavy atom. The fourth-order valence-electron chi connectivity index (χ4n) is 3.23. The van der Waals surface area contributed by atoms with E-state index in [0.717, 1.165) is 17.7 Å². The van der Waals surface area contributed by atoms with Crippen LogP contribution >= 0.6 is 0 Å². The topological polar surface area (TPSA) is 80.0 Å². The fourth-order valence-corrected chi connectivity index (χ4v) is 3.23. The molecule has 1 amide bonds. The lowest BCUT2D eigenvalue weighted by Crippen LogP contribution is -2.28. The predicted molar refractivity (Wildman–Crippen MR) is 91.3 cm³/mol. The molecule has 2 aromatic rings. The van der Waals surface area contributed by atoms with E-state index in [2.05, 4.69) is 0 Å². The lowest BCUT2D eigenvalue weighted by Gasteiger charge is -2.15. The molecule has 0 aliphatic carbocycles. The number of furan rings is 1. The number of benzene rings is 1. The molecule has 1 aliphatic rings. The molecule has 6 heteroatoms. The van der Waals surface area contributed by atoms with Crippen LogP contribution in [0.1, 0.15) is 51.5 Å². The largest absolute Gasteiger partial charge is 0.497 e. The Bertz CT molecular complexity index is 778. The Morgan fingerprint density at radius 2 is 2.04 bits per heavy atom. The van der Waals surface area contributed by atoms with Crippen molar-refractivity contribution in [1.82, 2.24) is 4.90 Å². The molecule has 3 rings (SSSR count). The highest BCUT2D eigenvalue weighted by Gasteiger charge is 2.30. The lowest BCUT2D eigenvalue weighted by atomic mass is 9.98. The van der Waals surface area contributed by atoms with Gasteiger partial charge in [0.2, 0.25) is 0 Å². The van der Waals surface area contributed by atoms with Crippen molar-refractivity contribution < 1.29 is 23.8 Å². The van der Waals surface area contributed by atoms with Gasteiger partial charge < -0.3 is 19.2 Å². The van der Waals surface area contributed by atoms with E-state index < -0.39 is 5.97 Å². The van der Waals surface area contributed by atoms with E-state index in [-0.39, 0.29) is 23.1 Å². The number of hydrogen-bond donors (Lipinski definition) is 1. The van der Waals surface area contributed by atoms with E-state index in [4.69, 9.17) is 9.15 Å². The number of carboxylic acid groups (broad SMARTS) is 1. The number of rotatable bonds is 5. The van der Waals surface area contributed by atoms with E-state index in [1.165, 1.54) is 6.07 Å². The second kappa shape index (κ2) is 7.01. The summed E-state index contributed by atoms with van der Waals surface area (Å²) in [6, 6.07) is 9.20. The van der Waals surface area contributed by atoms with Crippen molar-refractivity contribution in [2.75, 3.05) is 20.2 Å².